The smallest absolute Gasteiger partial charge is 0.240 e. The van der Waals surface area contributed by atoms with Crippen molar-refractivity contribution in [3.63, 3.8) is 0 Å². The normalized spacial score (nSPS) is 29.2. The van der Waals surface area contributed by atoms with E-state index in [1.807, 2.05) is 18.1 Å². The molecule has 1 amide bonds. The van der Waals surface area contributed by atoms with Crippen LogP contribution in [0.5, 0.6) is 0 Å². The van der Waals surface area contributed by atoms with E-state index in [1.54, 1.807) is 0 Å². The highest BCUT2D eigenvalue weighted by Crippen LogP contribution is 2.42. The zero-order valence-electron chi connectivity index (χ0n) is 19.0. The van der Waals surface area contributed by atoms with Crippen LogP contribution in [0.3, 0.4) is 0 Å². The lowest BCUT2D eigenvalue weighted by molar-refractivity contribution is -0.140. The quantitative estimate of drug-likeness (QED) is 0.758. The van der Waals surface area contributed by atoms with Gasteiger partial charge in [0.2, 0.25) is 11.9 Å². The van der Waals surface area contributed by atoms with E-state index in [4.69, 9.17) is 9.84 Å². The lowest BCUT2D eigenvalue weighted by Crippen LogP contribution is -2.44. The molecule has 0 radical (unpaired) electrons. The molecule has 0 bridgehead atoms. The Bertz CT molecular complexity index is 939. The lowest BCUT2D eigenvalue weighted by atomic mass is 9.78. The van der Waals surface area contributed by atoms with Gasteiger partial charge in [0, 0.05) is 37.7 Å². The highest BCUT2D eigenvalue weighted by Gasteiger charge is 2.33. The fourth-order valence-electron chi connectivity index (χ4n) is 5.84. The number of hydrogen-bond donors (Lipinski definition) is 2. The first-order valence-electron chi connectivity index (χ1n) is 12.2. The molecule has 3 fully saturated rings. The van der Waals surface area contributed by atoms with E-state index in [0.717, 1.165) is 70.0 Å². The van der Waals surface area contributed by atoms with Gasteiger partial charge in [0.25, 0.3) is 0 Å². The van der Waals surface area contributed by atoms with Crippen molar-refractivity contribution in [2.24, 2.45) is 5.92 Å². The van der Waals surface area contributed by atoms with Crippen LogP contribution >= 0.6 is 0 Å². The van der Waals surface area contributed by atoms with Crippen molar-refractivity contribution in [1.82, 2.24) is 19.5 Å². The number of aliphatic hydroxyl groups is 1. The number of nitrogens with zero attached hydrogens (tertiary/aromatic N) is 4. The lowest BCUT2D eigenvalue weighted by Gasteiger charge is -2.34. The van der Waals surface area contributed by atoms with Crippen LogP contribution in [0.4, 0.5) is 5.95 Å². The molecule has 2 aromatic rings. The number of aromatic nitrogens is 3. The molecule has 1 saturated heterocycles. The van der Waals surface area contributed by atoms with Crippen LogP contribution < -0.4 is 5.32 Å². The summed E-state index contributed by atoms with van der Waals surface area (Å²) in [6, 6.07) is 2.35. The van der Waals surface area contributed by atoms with Gasteiger partial charge < -0.3 is 20.1 Å². The molecule has 0 atom stereocenters. The average molecular weight is 442 g/mol. The van der Waals surface area contributed by atoms with Gasteiger partial charge in [-0.05, 0) is 68.9 Å². The van der Waals surface area contributed by atoms with E-state index >= 15 is 0 Å². The summed E-state index contributed by atoms with van der Waals surface area (Å²) in [5.74, 6) is 1.93. The van der Waals surface area contributed by atoms with Crippen LogP contribution in [0.2, 0.25) is 0 Å². The van der Waals surface area contributed by atoms with Crippen molar-refractivity contribution >= 4 is 17.4 Å². The number of nitrogens with one attached hydrogen (secondary N) is 1. The van der Waals surface area contributed by atoms with Crippen LogP contribution in [0.25, 0.3) is 5.52 Å². The minimum absolute atomic E-state index is 0.143. The Morgan fingerprint density at radius 1 is 1.06 bits per heavy atom. The summed E-state index contributed by atoms with van der Waals surface area (Å²) in [6.07, 6.45) is 9.40. The summed E-state index contributed by atoms with van der Waals surface area (Å²) in [5.41, 5.74) is 3.66. The molecule has 8 nitrogen and oxygen atoms in total. The zero-order valence-corrected chi connectivity index (χ0v) is 19.0. The van der Waals surface area contributed by atoms with E-state index in [2.05, 4.69) is 20.9 Å². The summed E-state index contributed by atoms with van der Waals surface area (Å²) in [6.45, 7) is 2.78. The number of carbonyl (C=O) groups is 1. The third-order valence-electron chi connectivity index (χ3n) is 7.75. The average Bonchev–Trinajstić information content (AvgIpc) is 3.23. The zero-order chi connectivity index (χ0) is 22.1. The highest BCUT2D eigenvalue weighted by atomic mass is 16.5. The van der Waals surface area contributed by atoms with E-state index in [0.29, 0.717) is 36.9 Å². The number of amides is 1. The number of fused-ring (bicyclic) bond motifs is 1. The first-order chi connectivity index (χ1) is 15.6. The van der Waals surface area contributed by atoms with Gasteiger partial charge in [0.1, 0.15) is 0 Å². The molecular weight excluding hydrogens is 406 g/mol. The van der Waals surface area contributed by atoms with Gasteiger partial charge in [-0.2, -0.15) is 0 Å². The number of hydrogen-bond acceptors (Lipinski definition) is 6. The van der Waals surface area contributed by atoms with Gasteiger partial charge >= 0.3 is 0 Å². The third kappa shape index (κ3) is 4.22. The Balaban J connectivity index is 1.35. The maximum Gasteiger partial charge on any atom is 0.240 e. The summed E-state index contributed by atoms with van der Waals surface area (Å²) in [7, 11) is 1.84. The Morgan fingerprint density at radius 3 is 2.44 bits per heavy atom. The predicted octanol–water partition coefficient (Wildman–Crippen LogP) is 2.92. The fraction of sp³-hybridized carbons (Fsp3) is 0.708. The van der Waals surface area contributed by atoms with Crippen LogP contribution in [0.15, 0.2) is 12.3 Å². The molecule has 2 saturated carbocycles. The van der Waals surface area contributed by atoms with Crippen molar-refractivity contribution in [3.8, 4) is 0 Å². The second-order valence-corrected chi connectivity index (χ2v) is 9.65. The van der Waals surface area contributed by atoms with Crippen molar-refractivity contribution in [2.45, 2.75) is 69.3 Å². The second-order valence-electron chi connectivity index (χ2n) is 9.65. The molecule has 3 heterocycles. The number of carbonyl (C=O) groups excluding carboxylic acids is 1. The van der Waals surface area contributed by atoms with Gasteiger partial charge in [-0.1, -0.05) is 0 Å². The summed E-state index contributed by atoms with van der Waals surface area (Å²) < 4.78 is 7.49. The molecule has 174 valence electrons. The topological polar surface area (TPSA) is 92.0 Å². The maximum atomic E-state index is 12.9. The number of anilines is 1. The number of ether oxygens (including phenoxy) is 1. The van der Waals surface area contributed by atoms with Crippen LogP contribution in [0.1, 0.15) is 74.5 Å². The minimum atomic E-state index is -0.168. The summed E-state index contributed by atoms with van der Waals surface area (Å²) in [5, 5.41) is 17.8. The summed E-state index contributed by atoms with van der Waals surface area (Å²) in [4.78, 5) is 19.4. The standard InChI is InChI=1S/C24H35N5O3/c1-25-24-26-15-22-20(14-21(29(22)27-24)17-6-8-19(30)9-7-17)16-2-4-18(5-3-16)23(31)28-10-12-32-13-11-28/h14-19,30H,2-13H2,1H3,(H,25,27). The number of aliphatic hydroxyl groups excluding tert-OH is 1. The van der Waals surface area contributed by atoms with Gasteiger partial charge in [-0.15, -0.1) is 5.10 Å². The van der Waals surface area contributed by atoms with E-state index in [9.17, 15) is 9.90 Å². The molecule has 3 aliphatic rings. The molecular formula is C24H35N5O3. The van der Waals surface area contributed by atoms with Crippen LogP contribution in [0, 0.1) is 5.92 Å². The van der Waals surface area contributed by atoms with Gasteiger partial charge in [0.05, 0.1) is 31.0 Å². The monoisotopic (exact) mass is 441 g/mol. The van der Waals surface area contributed by atoms with Crippen molar-refractivity contribution in [1.29, 1.82) is 0 Å². The molecule has 2 aliphatic carbocycles. The van der Waals surface area contributed by atoms with E-state index < -0.39 is 0 Å². The molecule has 1 aliphatic heterocycles. The largest absolute Gasteiger partial charge is 0.393 e. The van der Waals surface area contributed by atoms with Gasteiger partial charge in [-0.25, -0.2) is 9.50 Å². The van der Waals surface area contributed by atoms with Crippen LogP contribution in [-0.4, -0.2) is 70.0 Å². The molecule has 0 unspecified atom stereocenters. The number of morpholine rings is 1. The third-order valence-corrected chi connectivity index (χ3v) is 7.75. The van der Waals surface area contributed by atoms with Gasteiger partial charge in [0.15, 0.2) is 0 Å². The molecule has 0 aromatic carbocycles. The Hall–Kier alpha value is -2.19. The molecule has 8 heteroatoms. The first-order valence-corrected chi connectivity index (χ1v) is 12.2. The Labute approximate surface area is 189 Å². The molecule has 0 spiro atoms. The van der Waals surface area contributed by atoms with Crippen molar-refractivity contribution in [3.05, 3.63) is 23.5 Å². The fourth-order valence-corrected chi connectivity index (χ4v) is 5.84. The first kappa shape index (κ1) is 21.6. The van der Waals surface area contributed by atoms with Crippen LogP contribution in [-0.2, 0) is 9.53 Å². The predicted molar refractivity (Wildman–Crippen MR) is 122 cm³/mol. The van der Waals surface area contributed by atoms with E-state index in [1.165, 1.54) is 11.3 Å². The molecule has 2 aromatic heterocycles. The molecule has 32 heavy (non-hydrogen) atoms. The second kappa shape index (κ2) is 9.35. The molecule has 5 rings (SSSR count). The summed E-state index contributed by atoms with van der Waals surface area (Å²) >= 11 is 0. The Morgan fingerprint density at radius 2 is 1.75 bits per heavy atom. The van der Waals surface area contributed by atoms with E-state index in [-0.39, 0.29) is 12.0 Å². The number of rotatable bonds is 4. The molecule has 2 N–H and O–H groups in total. The Kier molecular flexibility index (Phi) is 6.33. The highest BCUT2D eigenvalue weighted by molar-refractivity contribution is 5.79. The van der Waals surface area contributed by atoms with Gasteiger partial charge in [-0.3, -0.25) is 4.79 Å². The minimum Gasteiger partial charge on any atom is -0.393 e. The maximum absolute atomic E-state index is 12.9. The van der Waals surface area contributed by atoms with Crippen molar-refractivity contribution < 1.29 is 14.6 Å². The SMILES string of the molecule is CNc1ncc2c(C3CCC(C(=O)N4CCOCC4)CC3)cc(C3CCC(O)CC3)n2n1. The van der Waals surface area contributed by atoms with Crippen molar-refractivity contribution in [2.75, 3.05) is 38.7 Å².